The zero-order valence-corrected chi connectivity index (χ0v) is 16.5. The van der Waals surface area contributed by atoms with Crippen LogP contribution in [0.4, 0.5) is 0 Å². The maximum Gasteiger partial charge on any atom is 0.189 e. The molecule has 2 aromatic rings. The van der Waals surface area contributed by atoms with Crippen LogP contribution in [0.25, 0.3) is 10.8 Å². The minimum absolute atomic E-state index is 0.107. The molecule has 28 heavy (non-hydrogen) atoms. The minimum Gasteiger partial charge on any atom is -0.497 e. The van der Waals surface area contributed by atoms with Crippen LogP contribution in [0.15, 0.2) is 35.3 Å². The van der Waals surface area contributed by atoms with Crippen molar-refractivity contribution in [1.82, 2.24) is 5.32 Å². The summed E-state index contributed by atoms with van der Waals surface area (Å²) >= 11 is 0. The average molecular weight is 376 g/mol. The highest BCUT2D eigenvalue weighted by Crippen LogP contribution is 2.53. The summed E-state index contributed by atoms with van der Waals surface area (Å²) in [6, 6.07) is 11.4. The van der Waals surface area contributed by atoms with Gasteiger partial charge in [-0.3, -0.25) is 0 Å². The third kappa shape index (κ3) is 2.53. The van der Waals surface area contributed by atoms with Crippen molar-refractivity contribution < 1.29 is 4.74 Å². The first-order valence-corrected chi connectivity index (χ1v) is 10.9. The molecule has 1 unspecified atom stereocenters. The van der Waals surface area contributed by atoms with E-state index < -0.39 is 0 Å². The summed E-state index contributed by atoms with van der Waals surface area (Å²) in [5.74, 6) is 5.13. The molecule has 4 saturated carbocycles. The summed E-state index contributed by atoms with van der Waals surface area (Å²) in [6.07, 6.45) is 7.96. The molecule has 4 nitrogen and oxygen atoms in total. The van der Waals surface area contributed by atoms with Gasteiger partial charge in [-0.25, -0.2) is 4.99 Å². The van der Waals surface area contributed by atoms with Crippen LogP contribution in [-0.4, -0.2) is 19.1 Å². The SMILES string of the molecule is COc1cc2c3c(cccc3c1)C(N=C(N)NC1C3CC4CC(C3)CC1C4)C2. The van der Waals surface area contributed by atoms with Crippen molar-refractivity contribution in [3.63, 3.8) is 0 Å². The van der Waals surface area contributed by atoms with E-state index in [2.05, 4.69) is 35.6 Å². The van der Waals surface area contributed by atoms with Crippen LogP contribution in [-0.2, 0) is 6.42 Å². The van der Waals surface area contributed by atoms with Gasteiger partial charge in [0.05, 0.1) is 13.2 Å². The molecule has 0 radical (unpaired) electrons. The van der Waals surface area contributed by atoms with E-state index in [1.54, 1.807) is 7.11 Å². The van der Waals surface area contributed by atoms with Gasteiger partial charge >= 0.3 is 0 Å². The zero-order valence-electron chi connectivity index (χ0n) is 16.5. The second kappa shape index (κ2) is 6.13. The Bertz CT molecular complexity index is 938. The van der Waals surface area contributed by atoms with Gasteiger partial charge < -0.3 is 15.8 Å². The van der Waals surface area contributed by atoms with Crippen LogP contribution >= 0.6 is 0 Å². The Kier molecular flexibility index (Phi) is 3.66. The van der Waals surface area contributed by atoms with Crippen LogP contribution in [0.2, 0.25) is 0 Å². The predicted molar refractivity (Wildman–Crippen MR) is 113 cm³/mol. The van der Waals surface area contributed by atoms with Crippen molar-refractivity contribution in [2.45, 2.75) is 50.6 Å². The van der Waals surface area contributed by atoms with Gasteiger partial charge in [-0.05, 0) is 96.2 Å². The van der Waals surface area contributed by atoms with Gasteiger partial charge in [0, 0.05) is 6.04 Å². The second-order valence-corrected chi connectivity index (χ2v) is 9.57. The van der Waals surface area contributed by atoms with Crippen LogP contribution < -0.4 is 15.8 Å². The highest BCUT2D eigenvalue weighted by Gasteiger charge is 2.48. The van der Waals surface area contributed by atoms with Gasteiger partial charge in [-0.1, -0.05) is 18.2 Å². The Morgan fingerprint density at radius 3 is 2.54 bits per heavy atom. The van der Waals surface area contributed by atoms with Crippen molar-refractivity contribution >= 4 is 16.7 Å². The molecular weight excluding hydrogens is 346 g/mol. The van der Waals surface area contributed by atoms with Crippen molar-refractivity contribution in [3.8, 4) is 5.75 Å². The fraction of sp³-hybridized carbons (Fsp3) is 0.542. The first kappa shape index (κ1) is 16.7. The topological polar surface area (TPSA) is 59.6 Å². The predicted octanol–water partition coefficient (Wildman–Crippen LogP) is 4.17. The molecule has 1 atom stereocenters. The summed E-state index contributed by atoms with van der Waals surface area (Å²) < 4.78 is 5.49. The lowest BCUT2D eigenvalue weighted by Crippen LogP contribution is -2.57. The van der Waals surface area contributed by atoms with E-state index in [0.29, 0.717) is 12.0 Å². The highest BCUT2D eigenvalue weighted by atomic mass is 16.5. The lowest BCUT2D eigenvalue weighted by molar-refractivity contribution is -0.00703. The van der Waals surface area contributed by atoms with E-state index in [-0.39, 0.29) is 6.04 Å². The van der Waals surface area contributed by atoms with E-state index in [4.69, 9.17) is 15.5 Å². The molecule has 4 fully saturated rings. The number of hydrogen-bond donors (Lipinski definition) is 2. The van der Waals surface area contributed by atoms with Gasteiger partial charge in [-0.2, -0.15) is 0 Å². The Balaban J connectivity index is 1.26. The number of hydrogen-bond acceptors (Lipinski definition) is 2. The number of aliphatic imine (C=N–C) groups is 1. The third-order valence-electron chi connectivity index (χ3n) is 7.91. The molecule has 4 heteroatoms. The first-order valence-electron chi connectivity index (χ1n) is 10.9. The van der Waals surface area contributed by atoms with Crippen LogP contribution in [0.3, 0.4) is 0 Å². The number of methoxy groups -OCH3 is 1. The maximum atomic E-state index is 6.47. The van der Waals surface area contributed by atoms with Crippen LogP contribution in [0.5, 0.6) is 5.75 Å². The van der Waals surface area contributed by atoms with E-state index in [1.165, 1.54) is 54.0 Å². The molecule has 5 aliphatic rings. The van der Waals surface area contributed by atoms with Crippen molar-refractivity contribution in [2.24, 2.45) is 34.4 Å². The summed E-state index contributed by atoms with van der Waals surface area (Å²) in [4.78, 5) is 4.97. The van der Waals surface area contributed by atoms with Gasteiger partial charge in [0.15, 0.2) is 5.96 Å². The van der Waals surface area contributed by atoms with Gasteiger partial charge in [0.25, 0.3) is 0 Å². The quantitative estimate of drug-likeness (QED) is 0.625. The molecule has 0 saturated heterocycles. The Hall–Kier alpha value is -2.23. The highest BCUT2D eigenvalue weighted by molar-refractivity contribution is 5.93. The molecule has 7 rings (SSSR count). The molecule has 0 aromatic heterocycles. The molecule has 4 bridgehead atoms. The number of rotatable bonds is 3. The Morgan fingerprint density at radius 2 is 1.82 bits per heavy atom. The number of guanidine groups is 1. The Morgan fingerprint density at radius 1 is 1.07 bits per heavy atom. The van der Waals surface area contributed by atoms with E-state index in [9.17, 15) is 0 Å². The Labute approximate surface area is 166 Å². The molecule has 146 valence electrons. The molecule has 3 N–H and O–H groups in total. The summed E-state index contributed by atoms with van der Waals surface area (Å²) in [6.45, 7) is 0. The fourth-order valence-corrected chi connectivity index (χ4v) is 7.05. The normalized spacial score (nSPS) is 35.5. The molecule has 0 spiro atoms. The van der Waals surface area contributed by atoms with Crippen LogP contribution in [0.1, 0.15) is 49.3 Å². The smallest absolute Gasteiger partial charge is 0.189 e. The van der Waals surface area contributed by atoms with E-state index >= 15 is 0 Å². The molecule has 2 aromatic carbocycles. The summed E-state index contributed by atoms with van der Waals surface area (Å²) in [5, 5.41) is 6.24. The molecular formula is C24H29N3O. The van der Waals surface area contributed by atoms with Crippen molar-refractivity contribution in [2.75, 3.05) is 7.11 Å². The molecule has 0 heterocycles. The number of benzene rings is 2. The number of nitrogens with one attached hydrogen (secondary N) is 1. The standard InChI is InChI=1S/C24H29N3O/c1-28-19-10-15-3-2-4-20-21(12-16(11-19)22(15)20)26-24(25)27-23-17-6-13-5-14(8-17)9-18(23)7-13/h2-4,10-11,13-14,17-18,21,23H,5-9,12H2,1H3,(H3,25,26,27). The summed E-state index contributed by atoms with van der Waals surface area (Å²) in [5.41, 5.74) is 9.08. The van der Waals surface area contributed by atoms with Crippen LogP contribution in [0, 0.1) is 23.7 Å². The fourth-order valence-electron chi connectivity index (χ4n) is 7.05. The monoisotopic (exact) mass is 375 g/mol. The van der Waals surface area contributed by atoms with Gasteiger partial charge in [0.2, 0.25) is 0 Å². The lowest BCUT2D eigenvalue weighted by atomic mass is 9.54. The minimum atomic E-state index is 0.107. The number of nitrogens with two attached hydrogens (primary N) is 1. The second-order valence-electron chi connectivity index (χ2n) is 9.57. The largest absolute Gasteiger partial charge is 0.497 e. The first-order chi connectivity index (χ1) is 13.7. The van der Waals surface area contributed by atoms with E-state index in [0.717, 1.165) is 35.8 Å². The number of ether oxygens (including phenoxy) is 1. The van der Waals surface area contributed by atoms with Gasteiger partial charge in [0.1, 0.15) is 5.75 Å². The molecule has 0 aliphatic heterocycles. The van der Waals surface area contributed by atoms with Crippen molar-refractivity contribution in [1.29, 1.82) is 0 Å². The maximum absolute atomic E-state index is 6.47. The molecule has 5 aliphatic carbocycles. The zero-order chi connectivity index (χ0) is 18.8. The van der Waals surface area contributed by atoms with E-state index in [1.807, 2.05) is 0 Å². The molecule has 0 amide bonds. The summed E-state index contributed by atoms with van der Waals surface area (Å²) in [7, 11) is 1.73. The third-order valence-corrected chi connectivity index (χ3v) is 7.91. The number of nitrogens with zero attached hydrogens (tertiary/aromatic N) is 1. The lowest BCUT2D eigenvalue weighted by Gasteiger charge is -2.54. The average Bonchev–Trinajstić information content (AvgIpc) is 3.03. The van der Waals surface area contributed by atoms with Gasteiger partial charge in [-0.15, -0.1) is 0 Å². The van der Waals surface area contributed by atoms with Crippen molar-refractivity contribution in [3.05, 3.63) is 41.5 Å².